The Morgan fingerprint density at radius 2 is 0.818 bits per heavy atom. The standard InChI is InChI=1S/B2O5.4K/c3-1(4)7-2(5)6;;;;/q-4;4*+1. The summed E-state index contributed by atoms with van der Waals surface area (Å²) in [5, 5.41) is 36.6. The Morgan fingerprint density at radius 1 is 0.636 bits per heavy atom. The van der Waals surface area contributed by atoms with Gasteiger partial charge in [0.05, 0.1) is 0 Å². The number of hydrogen-bond acceptors (Lipinski definition) is 5. The summed E-state index contributed by atoms with van der Waals surface area (Å²) in [4.78, 5) is 0. The molecule has 0 heterocycles. The maximum Gasteiger partial charge on any atom is 1.00 e. The third-order valence-electron chi connectivity index (χ3n) is 0.222. The van der Waals surface area contributed by atoms with E-state index in [2.05, 4.69) is 4.57 Å². The predicted molar refractivity (Wildman–Crippen MR) is 12.6 cm³/mol. The van der Waals surface area contributed by atoms with E-state index >= 15 is 0 Å². The normalized spacial score (nSPS) is 5.45. The Morgan fingerprint density at radius 3 is 0.818 bits per heavy atom. The minimum atomic E-state index is -2.75. The molecule has 11 heteroatoms. The van der Waals surface area contributed by atoms with Gasteiger partial charge in [0.2, 0.25) is 0 Å². The van der Waals surface area contributed by atoms with Gasteiger partial charge in [0, 0.05) is 14.6 Å². The molecule has 5 nitrogen and oxygen atoms in total. The molecule has 0 aromatic heterocycles. The Hall–Kier alpha value is 6.48. The van der Waals surface area contributed by atoms with Crippen LogP contribution in [0.5, 0.6) is 0 Å². The molecule has 0 spiro atoms. The zero-order chi connectivity index (χ0) is 5.86. The Balaban J connectivity index is -0.0000000300. The number of rotatable bonds is 2. The molecule has 40 valence electrons. The van der Waals surface area contributed by atoms with Crippen LogP contribution in [0.4, 0.5) is 0 Å². The van der Waals surface area contributed by atoms with Crippen LogP contribution in [0.15, 0.2) is 0 Å². The zero-order valence-corrected chi connectivity index (χ0v) is 19.7. The summed E-state index contributed by atoms with van der Waals surface area (Å²) in [6, 6.07) is 0. The van der Waals surface area contributed by atoms with Crippen LogP contribution < -0.4 is 226 Å². The molecule has 0 saturated heterocycles. The van der Waals surface area contributed by atoms with Crippen LogP contribution in [0, 0.1) is 0 Å². The third kappa shape index (κ3) is 31.5. The van der Waals surface area contributed by atoms with E-state index < -0.39 is 14.6 Å². The van der Waals surface area contributed by atoms with E-state index in [-0.39, 0.29) is 206 Å². The summed E-state index contributed by atoms with van der Waals surface area (Å²) in [7, 11) is -5.50. The van der Waals surface area contributed by atoms with Gasteiger partial charge in [-0.2, -0.15) is 0 Å². The molecule has 0 amide bonds. The van der Waals surface area contributed by atoms with Gasteiger partial charge in [-0.3, -0.25) is 0 Å². The molecule has 0 saturated carbocycles. The minimum absolute atomic E-state index is 0. The van der Waals surface area contributed by atoms with Gasteiger partial charge in [0.25, 0.3) is 0 Å². The molecule has 0 radical (unpaired) electrons. The van der Waals surface area contributed by atoms with Crippen LogP contribution in [-0.4, -0.2) is 14.6 Å². The summed E-state index contributed by atoms with van der Waals surface area (Å²) in [6.07, 6.45) is 0. The number of hydrogen-bond donors (Lipinski definition) is 0. The summed E-state index contributed by atoms with van der Waals surface area (Å²) >= 11 is 0. The first-order chi connectivity index (χ1) is 3.13. The van der Waals surface area contributed by atoms with E-state index in [0.717, 1.165) is 0 Å². The van der Waals surface area contributed by atoms with Crippen molar-refractivity contribution >= 4 is 14.6 Å². The SMILES string of the molecule is [K+].[K+].[K+].[K+].[O-]B([O-])OB([O-])[O-]. The quantitative estimate of drug-likeness (QED) is 0.458. The van der Waals surface area contributed by atoms with Crippen molar-refractivity contribution in [2.24, 2.45) is 0 Å². The van der Waals surface area contributed by atoms with Gasteiger partial charge in [-0.1, -0.05) is 0 Å². The van der Waals surface area contributed by atoms with E-state index in [0.29, 0.717) is 0 Å². The predicted octanol–water partition coefficient (Wildman–Crippen LogP) is -17.6. The monoisotopic (exact) mass is 258 g/mol. The maximum absolute atomic E-state index is 9.16. The van der Waals surface area contributed by atoms with Crippen molar-refractivity contribution in [1.29, 1.82) is 0 Å². The van der Waals surface area contributed by atoms with Gasteiger partial charge < -0.3 is 24.7 Å². The Labute approximate surface area is 236 Å². The van der Waals surface area contributed by atoms with Crippen LogP contribution in [0.2, 0.25) is 0 Å². The Bertz CT molecular complexity index is 45.7. The van der Waals surface area contributed by atoms with E-state index in [1.165, 1.54) is 0 Å². The average molecular weight is 258 g/mol. The molecule has 0 aromatic rings. The average Bonchev–Trinajstić information content (AvgIpc) is 1.27. The first-order valence-electron chi connectivity index (χ1n) is 1.41. The van der Waals surface area contributed by atoms with Gasteiger partial charge >= 0.3 is 206 Å². The summed E-state index contributed by atoms with van der Waals surface area (Å²) in [5.74, 6) is 0. The maximum atomic E-state index is 9.16. The molecule has 0 atom stereocenters. The second-order valence-corrected chi connectivity index (χ2v) is 0.713. The first-order valence-corrected chi connectivity index (χ1v) is 1.41. The molecule has 11 heavy (non-hydrogen) atoms. The van der Waals surface area contributed by atoms with Crippen molar-refractivity contribution in [3.8, 4) is 0 Å². The summed E-state index contributed by atoms with van der Waals surface area (Å²) in [5.41, 5.74) is 0. The van der Waals surface area contributed by atoms with Crippen molar-refractivity contribution in [2.45, 2.75) is 0 Å². The van der Waals surface area contributed by atoms with Crippen molar-refractivity contribution in [2.75, 3.05) is 0 Å². The largest absolute Gasteiger partial charge is 1.00 e. The molecule has 0 rings (SSSR count). The molecule has 0 N–H and O–H groups in total. The topological polar surface area (TPSA) is 101 Å². The Kier molecular flexibility index (Phi) is 60.2. The summed E-state index contributed by atoms with van der Waals surface area (Å²) < 4.78 is 3.03. The van der Waals surface area contributed by atoms with Gasteiger partial charge in [-0.25, -0.2) is 0 Å². The molecule has 0 unspecified atom stereocenters. The van der Waals surface area contributed by atoms with E-state index in [1.54, 1.807) is 0 Å². The second-order valence-electron chi connectivity index (χ2n) is 0.713. The van der Waals surface area contributed by atoms with E-state index in [9.17, 15) is 0 Å². The van der Waals surface area contributed by atoms with Crippen LogP contribution in [0.25, 0.3) is 0 Å². The van der Waals surface area contributed by atoms with Gasteiger partial charge in [0.1, 0.15) is 0 Å². The van der Waals surface area contributed by atoms with Crippen LogP contribution in [0.1, 0.15) is 0 Å². The first kappa shape index (κ1) is 30.5. The van der Waals surface area contributed by atoms with Gasteiger partial charge in [0.15, 0.2) is 0 Å². The van der Waals surface area contributed by atoms with Crippen LogP contribution in [-0.2, 0) is 4.57 Å². The van der Waals surface area contributed by atoms with Crippen molar-refractivity contribution < 1.29 is 230 Å². The fourth-order valence-corrected chi connectivity index (χ4v) is 0.0907. The fourth-order valence-electron chi connectivity index (χ4n) is 0.0907. The van der Waals surface area contributed by atoms with E-state index in [1.807, 2.05) is 0 Å². The molecule has 0 bridgehead atoms. The second kappa shape index (κ2) is 21.7. The van der Waals surface area contributed by atoms with Crippen molar-refractivity contribution in [3.05, 3.63) is 0 Å². The minimum Gasteiger partial charge on any atom is -0.872 e. The van der Waals surface area contributed by atoms with Crippen molar-refractivity contribution in [3.63, 3.8) is 0 Å². The van der Waals surface area contributed by atoms with Crippen LogP contribution in [0.3, 0.4) is 0 Å². The molecule has 0 aliphatic heterocycles. The van der Waals surface area contributed by atoms with Crippen molar-refractivity contribution in [1.82, 2.24) is 0 Å². The molecule has 0 aromatic carbocycles. The smallest absolute Gasteiger partial charge is 0.872 e. The molecule has 0 fully saturated rings. The van der Waals surface area contributed by atoms with Crippen LogP contribution >= 0.6 is 0 Å². The third-order valence-corrected chi connectivity index (χ3v) is 0.222. The van der Waals surface area contributed by atoms with Gasteiger partial charge in [-0.15, -0.1) is 0 Å². The molecular weight excluding hydrogens is 258 g/mol. The molecule has 0 aliphatic carbocycles. The van der Waals surface area contributed by atoms with Gasteiger partial charge in [-0.05, 0) is 0 Å². The zero-order valence-electron chi connectivity index (χ0n) is 7.20. The fraction of sp³-hybridized carbons (Fsp3) is 0. The molecular formula is B2K4O5. The summed E-state index contributed by atoms with van der Waals surface area (Å²) in [6.45, 7) is 0. The molecule has 0 aliphatic rings. The van der Waals surface area contributed by atoms with E-state index in [4.69, 9.17) is 20.1 Å².